The fourth-order valence-corrected chi connectivity index (χ4v) is 0.999. The van der Waals surface area contributed by atoms with E-state index < -0.39 is 11.8 Å². The monoisotopic (exact) mass is 217 g/mol. The van der Waals surface area contributed by atoms with Crippen LogP contribution in [0.5, 0.6) is 0 Å². The first-order valence-electron chi connectivity index (χ1n) is 4.43. The maximum atomic E-state index is 13.4. The number of ether oxygens (including phenoxy) is 1. The maximum absolute atomic E-state index is 13.4. The van der Waals surface area contributed by atoms with Gasteiger partial charge in [-0.25, -0.2) is 4.39 Å². The van der Waals surface area contributed by atoms with Crippen LogP contribution in [0.15, 0.2) is 18.2 Å². The molecule has 0 bridgehead atoms. The van der Waals surface area contributed by atoms with Gasteiger partial charge in [0.25, 0.3) is 0 Å². The average molecular weight is 217 g/mol. The largest absolute Gasteiger partial charge is 0.468 e. The van der Waals surface area contributed by atoms with Crippen molar-refractivity contribution in [1.82, 2.24) is 0 Å². The van der Waals surface area contributed by atoms with Gasteiger partial charge in [-0.3, -0.25) is 4.79 Å². The molecule has 0 aliphatic carbocycles. The van der Waals surface area contributed by atoms with Crippen molar-refractivity contribution in [2.24, 2.45) is 0 Å². The van der Waals surface area contributed by atoms with Crippen molar-refractivity contribution in [2.75, 3.05) is 7.11 Å². The number of hydrogen-bond acceptors (Lipinski definition) is 3. The summed E-state index contributed by atoms with van der Waals surface area (Å²) in [6.07, 6.45) is -0.104. The Bertz CT molecular complexity index is 506. The second-order valence-electron chi connectivity index (χ2n) is 2.83. The van der Waals surface area contributed by atoms with E-state index in [1.54, 1.807) is 6.07 Å². The zero-order valence-electron chi connectivity index (χ0n) is 8.58. The topological polar surface area (TPSA) is 50.1 Å². The Morgan fingerprint density at radius 1 is 1.50 bits per heavy atom. The zero-order valence-corrected chi connectivity index (χ0v) is 8.58. The molecular formula is C12H8FNO2. The Labute approximate surface area is 92.5 Å². The van der Waals surface area contributed by atoms with Gasteiger partial charge in [-0.2, -0.15) is 5.26 Å². The van der Waals surface area contributed by atoms with Gasteiger partial charge in [0, 0.05) is 0 Å². The molecule has 0 amide bonds. The van der Waals surface area contributed by atoms with E-state index in [4.69, 9.17) is 5.26 Å². The highest BCUT2D eigenvalue weighted by molar-refractivity contribution is 5.72. The standard InChI is InChI=1S/C12H8FNO2/c1-16-11(15)7-3-5-9-4-2-6-10(8-14)12(9)13/h2,4,6H,7H2,1H3. The number of carbonyl (C=O) groups is 1. The Morgan fingerprint density at radius 3 is 2.81 bits per heavy atom. The predicted octanol–water partition coefficient (Wildman–Crippen LogP) is 1.61. The van der Waals surface area contributed by atoms with Crippen molar-refractivity contribution in [3.05, 3.63) is 35.1 Å². The van der Waals surface area contributed by atoms with Crippen LogP contribution < -0.4 is 0 Å². The van der Waals surface area contributed by atoms with Gasteiger partial charge in [-0.1, -0.05) is 17.9 Å². The summed E-state index contributed by atoms with van der Waals surface area (Å²) in [7, 11) is 1.25. The van der Waals surface area contributed by atoms with Crippen LogP contribution in [0.25, 0.3) is 0 Å². The van der Waals surface area contributed by atoms with Crippen LogP contribution >= 0.6 is 0 Å². The number of methoxy groups -OCH3 is 1. The Hall–Kier alpha value is -2.33. The summed E-state index contributed by atoms with van der Waals surface area (Å²) < 4.78 is 17.8. The van der Waals surface area contributed by atoms with Crippen molar-refractivity contribution in [1.29, 1.82) is 5.26 Å². The van der Waals surface area contributed by atoms with Gasteiger partial charge < -0.3 is 4.74 Å². The summed E-state index contributed by atoms with van der Waals surface area (Å²) in [4.78, 5) is 10.7. The number of rotatable bonds is 1. The van der Waals surface area contributed by atoms with Gasteiger partial charge in [-0.15, -0.1) is 0 Å². The quantitative estimate of drug-likeness (QED) is 0.530. The van der Waals surface area contributed by atoms with E-state index in [2.05, 4.69) is 16.6 Å². The second kappa shape index (κ2) is 5.53. The first-order chi connectivity index (χ1) is 7.69. The fourth-order valence-electron chi connectivity index (χ4n) is 0.999. The minimum Gasteiger partial charge on any atom is -0.468 e. The van der Waals surface area contributed by atoms with Gasteiger partial charge in [0.2, 0.25) is 0 Å². The summed E-state index contributed by atoms with van der Waals surface area (Å²) in [6.45, 7) is 0. The molecule has 0 saturated carbocycles. The highest BCUT2D eigenvalue weighted by Gasteiger charge is 2.04. The van der Waals surface area contributed by atoms with E-state index in [1.165, 1.54) is 25.3 Å². The summed E-state index contributed by atoms with van der Waals surface area (Å²) >= 11 is 0. The van der Waals surface area contributed by atoms with Crippen molar-refractivity contribution in [2.45, 2.75) is 6.42 Å². The number of halogens is 1. The minimum atomic E-state index is -0.664. The number of nitriles is 1. The third kappa shape index (κ3) is 2.83. The molecule has 1 rings (SSSR count). The molecule has 0 spiro atoms. The molecule has 0 unspecified atom stereocenters. The molecule has 0 heterocycles. The predicted molar refractivity (Wildman–Crippen MR) is 54.6 cm³/mol. The summed E-state index contributed by atoms with van der Waals surface area (Å²) in [5, 5.41) is 8.58. The molecule has 1 aromatic carbocycles. The normalized spacial score (nSPS) is 8.56. The van der Waals surface area contributed by atoms with Crippen LogP contribution in [0, 0.1) is 29.0 Å². The van der Waals surface area contributed by atoms with E-state index in [0.29, 0.717) is 0 Å². The van der Waals surface area contributed by atoms with E-state index in [0.717, 1.165) is 0 Å². The van der Waals surface area contributed by atoms with E-state index in [-0.39, 0.29) is 17.5 Å². The molecule has 0 aliphatic rings. The molecule has 0 aliphatic heterocycles. The maximum Gasteiger partial charge on any atom is 0.317 e. The zero-order chi connectivity index (χ0) is 12.0. The van der Waals surface area contributed by atoms with Crippen molar-refractivity contribution < 1.29 is 13.9 Å². The van der Waals surface area contributed by atoms with Crippen LogP contribution in [-0.4, -0.2) is 13.1 Å². The van der Waals surface area contributed by atoms with Gasteiger partial charge >= 0.3 is 5.97 Å². The number of carbonyl (C=O) groups excluding carboxylic acids is 1. The van der Waals surface area contributed by atoms with E-state index in [1.807, 2.05) is 0 Å². The molecule has 16 heavy (non-hydrogen) atoms. The Kier molecular flexibility index (Phi) is 4.06. The highest BCUT2D eigenvalue weighted by atomic mass is 19.1. The van der Waals surface area contributed by atoms with Crippen LogP contribution in [0.3, 0.4) is 0 Å². The molecule has 0 saturated heterocycles. The van der Waals surface area contributed by atoms with Gasteiger partial charge in [-0.05, 0) is 12.1 Å². The van der Waals surface area contributed by atoms with Crippen LogP contribution in [-0.2, 0) is 9.53 Å². The van der Waals surface area contributed by atoms with Crippen molar-refractivity contribution in [3.8, 4) is 17.9 Å². The van der Waals surface area contributed by atoms with Gasteiger partial charge in [0.1, 0.15) is 12.5 Å². The third-order valence-electron chi connectivity index (χ3n) is 1.80. The number of hydrogen-bond donors (Lipinski definition) is 0. The summed E-state index contributed by atoms with van der Waals surface area (Å²) in [5.74, 6) is 3.80. The minimum absolute atomic E-state index is 0.0649. The summed E-state index contributed by atoms with van der Waals surface area (Å²) in [6, 6.07) is 6.05. The lowest BCUT2D eigenvalue weighted by Gasteiger charge is -1.95. The fraction of sp³-hybridized carbons (Fsp3) is 0.167. The summed E-state index contributed by atoms with van der Waals surface area (Å²) in [5.41, 5.74) is 0.0350. The molecule has 0 atom stereocenters. The molecular weight excluding hydrogens is 209 g/mol. The molecule has 0 aromatic heterocycles. The number of benzene rings is 1. The smallest absolute Gasteiger partial charge is 0.317 e. The van der Waals surface area contributed by atoms with Crippen LogP contribution in [0.2, 0.25) is 0 Å². The molecule has 1 aromatic rings. The highest BCUT2D eigenvalue weighted by Crippen LogP contribution is 2.10. The number of nitrogens with zero attached hydrogens (tertiary/aromatic N) is 1. The lowest BCUT2D eigenvalue weighted by atomic mass is 10.1. The van der Waals surface area contributed by atoms with Crippen molar-refractivity contribution in [3.63, 3.8) is 0 Å². The molecule has 0 radical (unpaired) electrons. The average Bonchev–Trinajstić information content (AvgIpc) is 2.31. The van der Waals surface area contributed by atoms with Gasteiger partial charge in [0.15, 0.2) is 5.82 Å². The van der Waals surface area contributed by atoms with Crippen molar-refractivity contribution >= 4 is 5.97 Å². The molecule has 0 N–H and O–H groups in total. The molecule has 4 heteroatoms. The van der Waals surface area contributed by atoms with Gasteiger partial charge in [0.05, 0.1) is 18.2 Å². The molecule has 0 fully saturated rings. The number of esters is 1. The SMILES string of the molecule is COC(=O)CC#Cc1cccc(C#N)c1F. The Morgan fingerprint density at radius 2 is 2.19 bits per heavy atom. The first-order valence-corrected chi connectivity index (χ1v) is 4.43. The van der Waals surface area contributed by atoms with E-state index in [9.17, 15) is 9.18 Å². The second-order valence-corrected chi connectivity index (χ2v) is 2.83. The van der Waals surface area contributed by atoms with Crippen LogP contribution in [0.4, 0.5) is 4.39 Å². The third-order valence-corrected chi connectivity index (χ3v) is 1.80. The lowest BCUT2D eigenvalue weighted by molar-refractivity contribution is -0.139. The Balaban J connectivity index is 2.90. The first kappa shape index (κ1) is 11.7. The molecule has 80 valence electrons. The van der Waals surface area contributed by atoms with E-state index >= 15 is 0 Å². The molecule has 3 nitrogen and oxygen atoms in total. The van der Waals surface area contributed by atoms with Crippen LogP contribution in [0.1, 0.15) is 17.5 Å². The lowest BCUT2D eigenvalue weighted by Crippen LogP contribution is -1.97.